The summed E-state index contributed by atoms with van der Waals surface area (Å²) in [6, 6.07) is 0. The minimum atomic E-state index is -0.304. The smallest absolute Gasteiger partial charge is 0.0729 e. The van der Waals surface area contributed by atoms with Crippen LogP contribution in [0.1, 0.15) is 102 Å². The summed E-state index contributed by atoms with van der Waals surface area (Å²) in [7, 11) is 0. The van der Waals surface area contributed by atoms with E-state index in [-0.39, 0.29) is 23.0 Å². The predicted molar refractivity (Wildman–Crippen MR) is 195 cm³/mol. The van der Waals surface area contributed by atoms with E-state index in [2.05, 4.69) is 142 Å². The van der Waals surface area contributed by atoms with Crippen LogP contribution in [0.5, 0.6) is 0 Å². The maximum atomic E-state index is 9.92. The molecule has 2 aliphatic rings. The molecule has 0 aromatic rings. The van der Waals surface area contributed by atoms with Crippen molar-refractivity contribution >= 4 is 0 Å². The Morgan fingerprint density at radius 3 is 1.84 bits per heavy atom. The molecule has 44 heavy (non-hydrogen) atoms. The Morgan fingerprint density at radius 1 is 0.750 bits per heavy atom. The van der Waals surface area contributed by atoms with Crippen molar-refractivity contribution in [2.45, 2.75) is 115 Å². The first-order chi connectivity index (χ1) is 20.5. The quantitative estimate of drug-likeness (QED) is 0.205. The van der Waals surface area contributed by atoms with Crippen molar-refractivity contribution in [3.8, 4) is 0 Å². The SMILES string of the molecule is C/C=C(C)/C=C/C=C(C)/C=C/C1=C(C)CC(O)CC1(C)C.C/C=C/C=C(C)/C=C/C=C(C)/C=C/C1C(C)=CC(O)CC1(C)C. The first-order valence-corrected chi connectivity index (χ1v) is 16.3. The lowest BCUT2D eigenvalue weighted by Crippen LogP contribution is -2.32. The molecule has 0 saturated carbocycles. The molecule has 3 atom stereocenters. The molecular formula is C42H62O2. The van der Waals surface area contributed by atoms with E-state index in [0.717, 1.165) is 19.3 Å². The number of hydrogen-bond acceptors (Lipinski definition) is 2. The third-order valence-corrected chi connectivity index (χ3v) is 8.51. The normalized spacial score (nSPS) is 25.5. The fourth-order valence-electron chi connectivity index (χ4n) is 6.02. The summed E-state index contributed by atoms with van der Waals surface area (Å²) < 4.78 is 0. The van der Waals surface area contributed by atoms with Crippen molar-refractivity contribution in [3.05, 3.63) is 130 Å². The molecule has 0 bridgehead atoms. The van der Waals surface area contributed by atoms with Gasteiger partial charge in [-0.2, -0.15) is 0 Å². The van der Waals surface area contributed by atoms with Gasteiger partial charge in [-0.25, -0.2) is 0 Å². The minimum absolute atomic E-state index is 0.0515. The predicted octanol–water partition coefficient (Wildman–Crippen LogP) is 11.4. The molecule has 2 heteroatoms. The van der Waals surface area contributed by atoms with Gasteiger partial charge >= 0.3 is 0 Å². The van der Waals surface area contributed by atoms with Crippen LogP contribution in [0.3, 0.4) is 0 Å². The van der Waals surface area contributed by atoms with Gasteiger partial charge in [-0.1, -0.05) is 152 Å². The molecule has 2 aliphatic carbocycles. The Balaban J connectivity index is 0.000000442. The minimum Gasteiger partial charge on any atom is -0.393 e. The van der Waals surface area contributed by atoms with E-state index in [1.54, 1.807) is 0 Å². The summed E-state index contributed by atoms with van der Waals surface area (Å²) >= 11 is 0. The van der Waals surface area contributed by atoms with Crippen LogP contribution in [-0.4, -0.2) is 22.4 Å². The van der Waals surface area contributed by atoms with Crippen LogP contribution >= 0.6 is 0 Å². The lowest BCUT2D eigenvalue weighted by Gasteiger charge is -2.38. The molecule has 0 amide bonds. The van der Waals surface area contributed by atoms with Crippen LogP contribution in [0.25, 0.3) is 0 Å². The molecule has 0 spiro atoms. The largest absolute Gasteiger partial charge is 0.393 e. The number of hydrogen-bond donors (Lipinski definition) is 2. The summed E-state index contributed by atoms with van der Waals surface area (Å²) in [6.45, 7) is 25.6. The van der Waals surface area contributed by atoms with Crippen molar-refractivity contribution in [2.24, 2.45) is 16.7 Å². The van der Waals surface area contributed by atoms with Crippen LogP contribution in [-0.2, 0) is 0 Å². The summed E-state index contributed by atoms with van der Waals surface area (Å²) in [5.41, 5.74) is 9.05. The molecule has 2 rings (SSSR count). The van der Waals surface area contributed by atoms with Crippen molar-refractivity contribution in [2.75, 3.05) is 0 Å². The van der Waals surface area contributed by atoms with Gasteiger partial charge in [0.1, 0.15) is 0 Å². The number of allylic oxidation sites excluding steroid dienone is 20. The highest BCUT2D eigenvalue weighted by atomic mass is 16.3. The first kappa shape index (κ1) is 39.1. The van der Waals surface area contributed by atoms with E-state index >= 15 is 0 Å². The highest BCUT2D eigenvalue weighted by molar-refractivity contribution is 5.38. The maximum absolute atomic E-state index is 9.92. The molecule has 2 nitrogen and oxygen atoms in total. The number of rotatable bonds is 9. The Labute approximate surface area is 271 Å². The van der Waals surface area contributed by atoms with Gasteiger partial charge in [0, 0.05) is 5.92 Å². The van der Waals surface area contributed by atoms with Crippen LogP contribution in [0.2, 0.25) is 0 Å². The summed E-state index contributed by atoms with van der Waals surface area (Å²) in [5.74, 6) is 0.384. The molecule has 242 valence electrons. The van der Waals surface area contributed by atoms with Crippen LogP contribution in [0.15, 0.2) is 130 Å². The van der Waals surface area contributed by atoms with Gasteiger partial charge in [0.25, 0.3) is 0 Å². The van der Waals surface area contributed by atoms with Gasteiger partial charge in [-0.05, 0) is 91.1 Å². The fourth-order valence-corrected chi connectivity index (χ4v) is 6.02. The zero-order valence-corrected chi connectivity index (χ0v) is 29.9. The van der Waals surface area contributed by atoms with E-state index in [4.69, 9.17) is 0 Å². The van der Waals surface area contributed by atoms with E-state index in [0.29, 0.717) is 5.92 Å². The Morgan fingerprint density at radius 2 is 1.30 bits per heavy atom. The molecular weight excluding hydrogens is 536 g/mol. The molecule has 0 aromatic carbocycles. The molecule has 0 heterocycles. The fraction of sp³-hybridized carbons (Fsp3) is 0.476. The highest BCUT2D eigenvalue weighted by Gasteiger charge is 2.34. The van der Waals surface area contributed by atoms with Crippen LogP contribution in [0, 0.1) is 16.7 Å². The summed E-state index contributed by atoms with van der Waals surface area (Å²) in [6.07, 6.45) is 33.8. The molecule has 0 fully saturated rings. The zero-order chi connectivity index (χ0) is 33.5. The molecule has 0 radical (unpaired) electrons. The molecule has 0 aromatic heterocycles. The van der Waals surface area contributed by atoms with Gasteiger partial charge in [-0.3, -0.25) is 0 Å². The van der Waals surface area contributed by atoms with Crippen molar-refractivity contribution in [1.82, 2.24) is 0 Å². The Bertz CT molecular complexity index is 1270. The monoisotopic (exact) mass is 598 g/mol. The first-order valence-electron chi connectivity index (χ1n) is 16.3. The van der Waals surface area contributed by atoms with Crippen molar-refractivity contribution in [3.63, 3.8) is 0 Å². The Kier molecular flexibility index (Phi) is 16.7. The van der Waals surface area contributed by atoms with Crippen molar-refractivity contribution < 1.29 is 10.2 Å². The molecule has 0 saturated heterocycles. The summed E-state index contributed by atoms with van der Waals surface area (Å²) in [5, 5.41) is 19.8. The van der Waals surface area contributed by atoms with Crippen molar-refractivity contribution in [1.29, 1.82) is 0 Å². The molecule has 2 N–H and O–H groups in total. The third kappa shape index (κ3) is 14.2. The maximum Gasteiger partial charge on any atom is 0.0729 e. The zero-order valence-electron chi connectivity index (χ0n) is 29.9. The number of aliphatic hydroxyl groups excluding tert-OH is 2. The third-order valence-electron chi connectivity index (χ3n) is 8.51. The van der Waals surface area contributed by atoms with Crippen LogP contribution in [0.4, 0.5) is 0 Å². The lowest BCUT2D eigenvalue weighted by molar-refractivity contribution is 0.116. The van der Waals surface area contributed by atoms with Gasteiger partial charge in [-0.15, -0.1) is 0 Å². The van der Waals surface area contributed by atoms with Gasteiger partial charge < -0.3 is 10.2 Å². The van der Waals surface area contributed by atoms with Crippen LogP contribution < -0.4 is 0 Å². The van der Waals surface area contributed by atoms with Gasteiger partial charge in [0.15, 0.2) is 0 Å². The average Bonchev–Trinajstić information content (AvgIpc) is 2.90. The van der Waals surface area contributed by atoms with E-state index < -0.39 is 0 Å². The van der Waals surface area contributed by atoms with Gasteiger partial charge in [0.2, 0.25) is 0 Å². The molecule has 0 aliphatic heterocycles. The molecule has 3 unspecified atom stereocenters. The highest BCUT2D eigenvalue weighted by Crippen LogP contribution is 2.42. The second-order valence-corrected chi connectivity index (χ2v) is 14.0. The van der Waals surface area contributed by atoms with Gasteiger partial charge in [0.05, 0.1) is 12.2 Å². The second-order valence-electron chi connectivity index (χ2n) is 14.0. The summed E-state index contributed by atoms with van der Waals surface area (Å²) in [4.78, 5) is 0. The number of aliphatic hydroxyl groups is 2. The van der Waals surface area contributed by atoms with E-state index in [9.17, 15) is 10.2 Å². The topological polar surface area (TPSA) is 40.5 Å². The average molecular weight is 599 g/mol. The second kappa shape index (κ2) is 18.8. The lowest BCUT2D eigenvalue weighted by atomic mass is 9.67. The standard InChI is InChI=1S/C22H32O.C20H30O/c1-7-8-10-17(2)11-9-12-18(3)13-14-21-19(4)15-20(23)16-22(21,5)6;1-7-15(2)9-8-10-16(3)11-12-19-17(4)13-18(21)14-20(19,5)6/h7-15,20-21,23H,16H2,1-6H3;7-12,18,21H,13-14H2,1-6H3/b8-7+,11-9+,14-13+,17-10+,18-12+;9-8+,12-11+,15-7+,16-10+. The Hall–Kier alpha value is -2.94. The van der Waals surface area contributed by atoms with E-state index in [1.807, 2.05) is 32.1 Å². The van der Waals surface area contributed by atoms with E-state index in [1.165, 1.54) is 39.0 Å².